The largest absolute Gasteiger partial charge is 0.272 e. The summed E-state index contributed by atoms with van der Waals surface area (Å²) in [5, 5.41) is 3.90. The molecule has 70 valence electrons. The Bertz CT molecular complexity index is 194. The zero-order chi connectivity index (χ0) is 9.78. The molecule has 1 N–H and O–H groups in total. The van der Waals surface area contributed by atoms with E-state index >= 15 is 0 Å². The second-order valence-electron chi connectivity index (χ2n) is 3.62. The number of alkyl halides is 1. The lowest BCUT2D eigenvalue weighted by Crippen LogP contribution is -2.25. The minimum atomic E-state index is -0.278. The summed E-state index contributed by atoms with van der Waals surface area (Å²) in [6.07, 6.45) is 0. The van der Waals surface area contributed by atoms with Crippen LogP contribution in [-0.4, -0.2) is 17.5 Å². The standard InChI is InChI=1S/C8H15ClN2O/c1-6(8(2,3)4)10-11-7(12)5-9/h5H2,1-4H3,(H,11,12). The van der Waals surface area contributed by atoms with Crippen molar-refractivity contribution >= 4 is 23.2 Å². The number of hydrazone groups is 1. The Hall–Kier alpha value is -0.570. The van der Waals surface area contributed by atoms with Gasteiger partial charge in [-0.25, -0.2) is 5.43 Å². The van der Waals surface area contributed by atoms with Crippen LogP contribution >= 0.6 is 11.6 Å². The molecule has 0 saturated heterocycles. The Labute approximate surface area is 78.2 Å². The van der Waals surface area contributed by atoms with Gasteiger partial charge >= 0.3 is 0 Å². The summed E-state index contributed by atoms with van der Waals surface area (Å²) in [6, 6.07) is 0. The second kappa shape index (κ2) is 4.45. The maximum atomic E-state index is 10.7. The highest BCUT2D eigenvalue weighted by molar-refractivity contribution is 6.27. The number of halogens is 1. The van der Waals surface area contributed by atoms with Crippen molar-refractivity contribution in [3.8, 4) is 0 Å². The number of carbonyl (C=O) groups is 1. The van der Waals surface area contributed by atoms with Crippen molar-refractivity contribution in [1.82, 2.24) is 5.43 Å². The summed E-state index contributed by atoms with van der Waals surface area (Å²) in [7, 11) is 0. The first-order chi connectivity index (χ1) is 5.38. The number of hydrogen-bond acceptors (Lipinski definition) is 2. The van der Waals surface area contributed by atoms with Gasteiger partial charge in [0.2, 0.25) is 0 Å². The van der Waals surface area contributed by atoms with Gasteiger partial charge in [0.25, 0.3) is 5.91 Å². The third kappa shape index (κ3) is 4.34. The van der Waals surface area contributed by atoms with E-state index in [9.17, 15) is 4.79 Å². The Morgan fingerprint density at radius 1 is 1.50 bits per heavy atom. The zero-order valence-electron chi connectivity index (χ0n) is 7.94. The van der Waals surface area contributed by atoms with Crippen molar-refractivity contribution in [3.05, 3.63) is 0 Å². The highest BCUT2D eigenvalue weighted by Crippen LogP contribution is 2.14. The van der Waals surface area contributed by atoms with Crippen molar-refractivity contribution in [1.29, 1.82) is 0 Å². The van der Waals surface area contributed by atoms with Gasteiger partial charge in [-0.3, -0.25) is 4.79 Å². The first kappa shape index (κ1) is 11.4. The van der Waals surface area contributed by atoms with Crippen LogP contribution in [0.3, 0.4) is 0 Å². The van der Waals surface area contributed by atoms with Crippen LogP contribution in [0.15, 0.2) is 5.10 Å². The van der Waals surface area contributed by atoms with Crippen LogP contribution in [0.4, 0.5) is 0 Å². The molecular formula is C8H15ClN2O. The molecule has 0 aliphatic carbocycles. The normalized spacial score (nSPS) is 12.9. The Kier molecular flexibility index (Phi) is 4.24. The Morgan fingerprint density at radius 3 is 2.33 bits per heavy atom. The molecule has 12 heavy (non-hydrogen) atoms. The van der Waals surface area contributed by atoms with Crippen LogP contribution in [0, 0.1) is 5.41 Å². The molecule has 0 bridgehead atoms. The van der Waals surface area contributed by atoms with E-state index in [0.29, 0.717) is 0 Å². The van der Waals surface area contributed by atoms with E-state index < -0.39 is 0 Å². The van der Waals surface area contributed by atoms with E-state index in [1.807, 2.05) is 27.7 Å². The van der Waals surface area contributed by atoms with Gasteiger partial charge in [0.05, 0.1) is 0 Å². The molecule has 0 aliphatic heterocycles. The SMILES string of the molecule is CC(=NNC(=O)CCl)C(C)(C)C. The van der Waals surface area contributed by atoms with Crippen molar-refractivity contribution in [2.24, 2.45) is 10.5 Å². The summed E-state index contributed by atoms with van der Waals surface area (Å²) >= 11 is 5.27. The highest BCUT2D eigenvalue weighted by Gasteiger charge is 2.14. The molecule has 1 amide bonds. The van der Waals surface area contributed by atoms with Crippen LogP contribution in [0.25, 0.3) is 0 Å². The van der Waals surface area contributed by atoms with Gasteiger partial charge in [0, 0.05) is 11.1 Å². The van der Waals surface area contributed by atoms with Crippen LogP contribution in [0.1, 0.15) is 27.7 Å². The minimum Gasteiger partial charge on any atom is -0.272 e. The summed E-state index contributed by atoms with van der Waals surface area (Å²) < 4.78 is 0. The fraction of sp³-hybridized carbons (Fsp3) is 0.750. The maximum Gasteiger partial charge on any atom is 0.254 e. The summed E-state index contributed by atoms with van der Waals surface area (Å²) in [4.78, 5) is 10.7. The molecule has 0 aliphatic rings. The lowest BCUT2D eigenvalue weighted by atomic mass is 9.91. The van der Waals surface area contributed by atoms with Crippen LogP contribution in [0.5, 0.6) is 0 Å². The van der Waals surface area contributed by atoms with E-state index in [2.05, 4.69) is 10.5 Å². The lowest BCUT2D eigenvalue weighted by Gasteiger charge is -2.17. The third-order valence-electron chi connectivity index (χ3n) is 1.56. The summed E-state index contributed by atoms with van der Waals surface area (Å²) in [5.74, 6) is -0.332. The molecule has 0 atom stereocenters. The Morgan fingerprint density at radius 2 is 2.00 bits per heavy atom. The fourth-order valence-corrected chi connectivity index (χ4v) is 0.404. The molecule has 4 heteroatoms. The van der Waals surface area contributed by atoms with Gasteiger partial charge in [-0.1, -0.05) is 20.8 Å². The van der Waals surface area contributed by atoms with Crippen molar-refractivity contribution in [3.63, 3.8) is 0 Å². The van der Waals surface area contributed by atoms with Crippen molar-refractivity contribution in [2.45, 2.75) is 27.7 Å². The number of hydrogen-bond donors (Lipinski definition) is 1. The van der Waals surface area contributed by atoms with Crippen molar-refractivity contribution < 1.29 is 4.79 Å². The number of nitrogens with one attached hydrogen (secondary N) is 1. The van der Waals surface area contributed by atoms with E-state index in [0.717, 1.165) is 5.71 Å². The summed E-state index contributed by atoms with van der Waals surface area (Å²) in [6.45, 7) is 7.95. The summed E-state index contributed by atoms with van der Waals surface area (Å²) in [5.41, 5.74) is 3.22. The van der Waals surface area contributed by atoms with Crippen molar-refractivity contribution in [2.75, 3.05) is 5.88 Å². The first-order valence-corrected chi connectivity index (χ1v) is 4.31. The molecule has 0 fully saturated rings. The predicted molar refractivity (Wildman–Crippen MR) is 51.4 cm³/mol. The van der Waals surface area contributed by atoms with Gasteiger partial charge in [-0.05, 0) is 6.92 Å². The number of rotatable bonds is 2. The molecule has 0 aromatic rings. The van der Waals surface area contributed by atoms with Crippen LogP contribution < -0.4 is 5.43 Å². The van der Waals surface area contributed by atoms with E-state index in [4.69, 9.17) is 11.6 Å². The average molecular weight is 191 g/mol. The van der Waals surface area contributed by atoms with Crippen LogP contribution in [-0.2, 0) is 4.79 Å². The highest BCUT2D eigenvalue weighted by atomic mass is 35.5. The molecule has 0 aromatic heterocycles. The average Bonchev–Trinajstić information content (AvgIpc) is 1.97. The van der Waals surface area contributed by atoms with E-state index in [1.165, 1.54) is 0 Å². The number of carbonyl (C=O) groups excluding carboxylic acids is 1. The zero-order valence-corrected chi connectivity index (χ0v) is 8.70. The van der Waals surface area contributed by atoms with Gasteiger partial charge < -0.3 is 0 Å². The van der Waals surface area contributed by atoms with Gasteiger partial charge in [-0.2, -0.15) is 5.10 Å². The molecule has 0 radical (unpaired) electrons. The minimum absolute atomic E-state index is 0.0143. The molecule has 3 nitrogen and oxygen atoms in total. The molecule has 0 rings (SSSR count). The Balaban J connectivity index is 4.11. The van der Waals surface area contributed by atoms with E-state index in [-0.39, 0.29) is 17.2 Å². The first-order valence-electron chi connectivity index (χ1n) is 3.77. The topological polar surface area (TPSA) is 41.5 Å². The predicted octanol–water partition coefficient (Wildman–Crippen LogP) is 1.76. The van der Waals surface area contributed by atoms with Gasteiger partial charge in [-0.15, -0.1) is 11.6 Å². The monoisotopic (exact) mass is 190 g/mol. The van der Waals surface area contributed by atoms with E-state index in [1.54, 1.807) is 0 Å². The maximum absolute atomic E-state index is 10.7. The number of amides is 1. The van der Waals surface area contributed by atoms with Gasteiger partial charge in [0.1, 0.15) is 5.88 Å². The molecule has 0 heterocycles. The molecule has 0 spiro atoms. The molecular weight excluding hydrogens is 176 g/mol. The number of nitrogens with zero attached hydrogens (tertiary/aromatic N) is 1. The lowest BCUT2D eigenvalue weighted by molar-refractivity contribution is -0.118. The smallest absolute Gasteiger partial charge is 0.254 e. The van der Waals surface area contributed by atoms with Crippen LogP contribution in [0.2, 0.25) is 0 Å². The quantitative estimate of drug-likeness (QED) is 0.403. The molecule has 0 saturated carbocycles. The van der Waals surface area contributed by atoms with Gasteiger partial charge in [0.15, 0.2) is 0 Å². The third-order valence-corrected chi connectivity index (χ3v) is 1.80. The molecule has 0 aromatic carbocycles. The fourth-order valence-electron chi connectivity index (χ4n) is 0.344. The molecule has 0 unspecified atom stereocenters. The second-order valence-corrected chi connectivity index (χ2v) is 3.88.